The lowest BCUT2D eigenvalue weighted by atomic mass is 10.0. The molecule has 1 saturated heterocycles. The predicted octanol–water partition coefficient (Wildman–Crippen LogP) is 0.281. The number of carbonyl (C=O) groups excluding carboxylic acids is 3. The summed E-state index contributed by atoms with van der Waals surface area (Å²) in [6, 6.07) is 4.53. The molecule has 2 aromatic rings. The van der Waals surface area contributed by atoms with Gasteiger partial charge in [0.15, 0.2) is 0 Å². The Morgan fingerprint density at radius 1 is 1.29 bits per heavy atom. The summed E-state index contributed by atoms with van der Waals surface area (Å²) in [5.41, 5.74) is 0.230. The Bertz CT molecular complexity index is 982. The Balaban J connectivity index is 1.88. The van der Waals surface area contributed by atoms with Crippen molar-refractivity contribution < 1.29 is 28.3 Å². The van der Waals surface area contributed by atoms with Crippen LogP contribution in [0.4, 0.5) is 0 Å². The molecule has 148 valence electrons. The highest BCUT2D eigenvalue weighted by Gasteiger charge is 2.31. The van der Waals surface area contributed by atoms with Gasteiger partial charge in [0.25, 0.3) is 0 Å². The molecule has 2 heterocycles. The minimum absolute atomic E-state index is 0.0213. The van der Waals surface area contributed by atoms with Gasteiger partial charge in [-0.25, -0.2) is 9.59 Å². The van der Waals surface area contributed by atoms with Crippen molar-refractivity contribution in [2.75, 3.05) is 14.2 Å². The lowest BCUT2D eigenvalue weighted by molar-refractivity contribution is -0.145. The monoisotopic (exact) mass is 388 g/mol. The topological polar surface area (TPSA) is 124 Å². The molecule has 1 aliphatic rings. The first-order chi connectivity index (χ1) is 13.4. The molecular formula is C19H20N2O7. The first kappa shape index (κ1) is 19.4. The Hall–Kier alpha value is -3.36. The van der Waals surface area contributed by atoms with Crippen molar-refractivity contribution in [3.8, 4) is 5.75 Å². The van der Waals surface area contributed by atoms with Gasteiger partial charge in [0.2, 0.25) is 11.8 Å². The highest BCUT2D eigenvalue weighted by Crippen LogP contribution is 2.23. The van der Waals surface area contributed by atoms with Crippen molar-refractivity contribution in [1.29, 1.82) is 0 Å². The Morgan fingerprint density at radius 3 is 2.71 bits per heavy atom. The number of rotatable bonds is 6. The van der Waals surface area contributed by atoms with Crippen molar-refractivity contribution in [3.05, 3.63) is 40.2 Å². The second-order valence-corrected chi connectivity index (χ2v) is 6.40. The van der Waals surface area contributed by atoms with Gasteiger partial charge in [-0.15, -0.1) is 0 Å². The highest BCUT2D eigenvalue weighted by atomic mass is 16.5. The highest BCUT2D eigenvalue weighted by molar-refractivity contribution is 5.93. The van der Waals surface area contributed by atoms with E-state index >= 15 is 0 Å². The fourth-order valence-corrected chi connectivity index (χ4v) is 3.14. The van der Waals surface area contributed by atoms with Gasteiger partial charge in [-0.3, -0.25) is 9.59 Å². The van der Waals surface area contributed by atoms with Gasteiger partial charge in [0, 0.05) is 30.4 Å². The third-order valence-electron chi connectivity index (χ3n) is 4.58. The van der Waals surface area contributed by atoms with Crippen LogP contribution in [0.15, 0.2) is 33.5 Å². The standard InChI is InChI=1S/C19H20N2O7/c1-26-11-3-4-12-10(8-17(23)28-15(12)9-11)7-14(19(25)27-2)21-18(24)13-5-6-16(22)20-13/h3-4,8-9,13-14H,5-7H2,1-2H3,(H,20,22)(H,21,24)/t13-,14-/m1/s1. The van der Waals surface area contributed by atoms with E-state index in [4.69, 9.17) is 13.9 Å². The van der Waals surface area contributed by atoms with Gasteiger partial charge in [0.1, 0.15) is 23.4 Å². The van der Waals surface area contributed by atoms with Crippen molar-refractivity contribution in [3.63, 3.8) is 0 Å². The molecule has 0 saturated carbocycles. The number of amides is 2. The molecule has 0 aliphatic carbocycles. The zero-order valence-corrected chi connectivity index (χ0v) is 15.4. The van der Waals surface area contributed by atoms with E-state index < -0.39 is 29.6 Å². The molecule has 0 unspecified atom stereocenters. The molecular weight excluding hydrogens is 368 g/mol. The van der Waals surface area contributed by atoms with Gasteiger partial charge in [-0.1, -0.05) is 0 Å². The van der Waals surface area contributed by atoms with Crippen molar-refractivity contribution in [2.24, 2.45) is 0 Å². The van der Waals surface area contributed by atoms with Crippen LogP contribution in [0.1, 0.15) is 18.4 Å². The van der Waals surface area contributed by atoms with Crippen LogP contribution >= 0.6 is 0 Å². The maximum atomic E-state index is 12.4. The molecule has 2 amide bonds. The molecule has 0 spiro atoms. The molecule has 9 nitrogen and oxygen atoms in total. The van der Waals surface area contributed by atoms with Crippen LogP contribution in [0, 0.1) is 0 Å². The summed E-state index contributed by atoms with van der Waals surface area (Å²) < 4.78 is 15.1. The van der Waals surface area contributed by atoms with E-state index in [1.165, 1.54) is 20.3 Å². The van der Waals surface area contributed by atoms with E-state index in [1.54, 1.807) is 18.2 Å². The number of carbonyl (C=O) groups is 3. The molecule has 2 N–H and O–H groups in total. The average molecular weight is 388 g/mol. The fraction of sp³-hybridized carbons (Fsp3) is 0.368. The Kier molecular flexibility index (Phi) is 5.62. The van der Waals surface area contributed by atoms with E-state index in [2.05, 4.69) is 10.6 Å². The van der Waals surface area contributed by atoms with Crippen molar-refractivity contribution in [2.45, 2.75) is 31.3 Å². The summed E-state index contributed by atoms with van der Waals surface area (Å²) in [7, 11) is 2.70. The first-order valence-corrected chi connectivity index (χ1v) is 8.69. The summed E-state index contributed by atoms with van der Waals surface area (Å²) in [4.78, 5) is 47.9. The molecule has 0 bridgehead atoms. The van der Waals surface area contributed by atoms with Crippen LogP contribution in [-0.2, 0) is 25.5 Å². The van der Waals surface area contributed by atoms with Crippen molar-refractivity contribution >= 4 is 28.8 Å². The summed E-state index contributed by atoms with van der Waals surface area (Å²) in [6.07, 6.45) is 0.636. The molecule has 1 aromatic carbocycles. The molecule has 1 aliphatic heterocycles. The maximum Gasteiger partial charge on any atom is 0.336 e. The number of hydrogen-bond donors (Lipinski definition) is 2. The smallest absolute Gasteiger partial charge is 0.336 e. The zero-order valence-electron chi connectivity index (χ0n) is 15.4. The lowest BCUT2D eigenvalue weighted by Crippen LogP contribution is -2.50. The molecule has 1 fully saturated rings. The number of hydrogen-bond acceptors (Lipinski definition) is 7. The van der Waals surface area contributed by atoms with E-state index in [-0.39, 0.29) is 18.7 Å². The van der Waals surface area contributed by atoms with E-state index in [1.807, 2.05) is 0 Å². The van der Waals surface area contributed by atoms with Crippen LogP contribution in [0.25, 0.3) is 11.0 Å². The summed E-state index contributed by atoms with van der Waals surface area (Å²) >= 11 is 0. The number of nitrogens with one attached hydrogen (secondary N) is 2. The number of fused-ring (bicyclic) bond motifs is 1. The number of ether oxygens (including phenoxy) is 2. The van der Waals surface area contributed by atoms with Crippen LogP contribution in [0.3, 0.4) is 0 Å². The SMILES string of the molecule is COC(=O)[C@@H](Cc1cc(=O)oc2cc(OC)ccc12)NC(=O)[C@H]1CCC(=O)N1. The first-order valence-electron chi connectivity index (χ1n) is 8.69. The van der Waals surface area contributed by atoms with Crippen LogP contribution < -0.4 is 21.0 Å². The maximum absolute atomic E-state index is 12.4. The van der Waals surface area contributed by atoms with E-state index in [0.29, 0.717) is 28.7 Å². The number of benzene rings is 1. The van der Waals surface area contributed by atoms with Crippen LogP contribution in [0.5, 0.6) is 5.75 Å². The normalized spacial score (nSPS) is 17.1. The number of esters is 1. The zero-order chi connectivity index (χ0) is 20.3. The largest absolute Gasteiger partial charge is 0.497 e. The lowest BCUT2D eigenvalue weighted by Gasteiger charge is -2.19. The molecule has 1 aromatic heterocycles. The Morgan fingerprint density at radius 2 is 2.07 bits per heavy atom. The predicted molar refractivity (Wildman–Crippen MR) is 97.9 cm³/mol. The second kappa shape index (κ2) is 8.12. The average Bonchev–Trinajstić information content (AvgIpc) is 3.12. The van der Waals surface area contributed by atoms with Crippen LogP contribution in [-0.4, -0.2) is 44.1 Å². The Labute approximate surface area is 160 Å². The summed E-state index contributed by atoms with van der Waals surface area (Å²) in [5, 5.41) is 5.76. The van der Waals surface area contributed by atoms with Gasteiger partial charge in [0.05, 0.1) is 14.2 Å². The van der Waals surface area contributed by atoms with Gasteiger partial charge in [-0.2, -0.15) is 0 Å². The van der Waals surface area contributed by atoms with E-state index in [0.717, 1.165) is 0 Å². The number of methoxy groups -OCH3 is 2. The summed E-state index contributed by atoms with van der Waals surface area (Å²) in [5.74, 6) is -0.833. The molecule has 3 rings (SSSR count). The van der Waals surface area contributed by atoms with Gasteiger partial charge >= 0.3 is 11.6 Å². The van der Waals surface area contributed by atoms with Crippen LogP contribution in [0.2, 0.25) is 0 Å². The molecule has 2 atom stereocenters. The van der Waals surface area contributed by atoms with Crippen molar-refractivity contribution in [1.82, 2.24) is 10.6 Å². The quantitative estimate of drug-likeness (QED) is 0.538. The third-order valence-corrected chi connectivity index (χ3v) is 4.58. The minimum atomic E-state index is -1.03. The van der Waals surface area contributed by atoms with Gasteiger partial charge in [-0.05, 0) is 24.1 Å². The van der Waals surface area contributed by atoms with E-state index in [9.17, 15) is 19.2 Å². The summed E-state index contributed by atoms with van der Waals surface area (Å²) in [6.45, 7) is 0. The molecule has 0 radical (unpaired) electrons. The second-order valence-electron chi connectivity index (χ2n) is 6.40. The third kappa shape index (κ3) is 4.13. The fourth-order valence-electron chi connectivity index (χ4n) is 3.14. The molecule has 28 heavy (non-hydrogen) atoms. The molecule has 9 heteroatoms. The minimum Gasteiger partial charge on any atom is -0.497 e. The van der Waals surface area contributed by atoms with Gasteiger partial charge < -0.3 is 24.5 Å².